The molecule has 1 amide bonds. The third-order valence-corrected chi connectivity index (χ3v) is 4.99. The van der Waals surface area contributed by atoms with Gasteiger partial charge in [0, 0.05) is 5.56 Å². The predicted molar refractivity (Wildman–Crippen MR) is 128 cm³/mol. The molecule has 7 heteroatoms. The van der Waals surface area contributed by atoms with Crippen molar-refractivity contribution in [2.24, 2.45) is 5.10 Å². The second-order valence-electron chi connectivity index (χ2n) is 7.44. The lowest BCUT2D eigenvalue weighted by atomic mass is 10.1. The molecule has 4 aromatic rings. The van der Waals surface area contributed by atoms with Crippen molar-refractivity contribution in [1.29, 1.82) is 0 Å². The third kappa shape index (κ3) is 5.86. The van der Waals surface area contributed by atoms with Crippen LogP contribution in [0.15, 0.2) is 84.0 Å². The van der Waals surface area contributed by atoms with Crippen LogP contribution in [0.5, 0.6) is 11.5 Å². The zero-order valence-corrected chi connectivity index (χ0v) is 18.4. The molecule has 0 saturated carbocycles. The second-order valence-corrected chi connectivity index (χ2v) is 7.44. The van der Waals surface area contributed by atoms with Gasteiger partial charge in [-0.1, -0.05) is 29.8 Å². The van der Waals surface area contributed by atoms with E-state index in [2.05, 4.69) is 51.9 Å². The van der Waals surface area contributed by atoms with Gasteiger partial charge in [0.25, 0.3) is 5.91 Å². The summed E-state index contributed by atoms with van der Waals surface area (Å²) in [5, 5.41) is 11.0. The summed E-state index contributed by atoms with van der Waals surface area (Å²) in [6.45, 7) is 2.56. The van der Waals surface area contributed by atoms with Gasteiger partial charge in [-0.2, -0.15) is 10.2 Å². The van der Waals surface area contributed by atoms with E-state index in [1.165, 1.54) is 5.56 Å². The highest BCUT2D eigenvalue weighted by Gasteiger charge is 2.10. The van der Waals surface area contributed by atoms with E-state index in [1.54, 1.807) is 19.4 Å². The summed E-state index contributed by atoms with van der Waals surface area (Å²) in [6, 6.07) is 24.8. The maximum atomic E-state index is 12.3. The lowest BCUT2D eigenvalue weighted by molar-refractivity contribution is 0.0950. The molecule has 0 aliphatic rings. The first-order valence-electron chi connectivity index (χ1n) is 10.4. The number of amides is 1. The van der Waals surface area contributed by atoms with Gasteiger partial charge in [0.05, 0.1) is 19.0 Å². The average molecular weight is 441 g/mol. The maximum Gasteiger partial charge on any atom is 0.289 e. The van der Waals surface area contributed by atoms with Crippen LogP contribution >= 0.6 is 0 Å². The Bertz CT molecular complexity index is 1230. The van der Waals surface area contributed by atoms with Crippen molar-refractivity contribution in [2.45, 2.75) is 13.5 Å². The van der Waals surface area contributed by atoms with Crippen LogP contribution in [0.25, 0.3) is 11.3 Å². The molecule has 0 radical (unpaired) electrons. The first-order chi connectivity index (χ1) is 16.1. The molecule has 3 aromatic carbocycles. The zero-order valence-electron chi connectivity index (χ0n) is 18.4. The van der Waals surface area contributed by atoms with Crippen molar-refractivity contribution in [3.05, 3.63) is 101 Å². The summed E-state index contributed by atoms with van der Waals surface area (Å²) in [4.78, 5) is 12.3. The predicted octanol–water partition coefficient (Wildman–Crippen LogP) is 4.74. The number of aromatic amines is 1. The Morgan fingerprint density at radius 2 is 1.70 bits per heavy atom. The molecule has 0 aliphatic heterocycles. The summed E-state index contributed by atoms with van der Waals surface area (Å²) in [5.41, 5.74) is 7.51. The van der Waals surface area contributed by atoms with Crippen LogP contribution in [-0.4, -0.2) is 29.4 Å². The lowest BCUT2D eigenvalue weighted by Crippen LogP contribution is -2.17. The number of carbonyl (C=O) groups is 1. The van der Waals surface area contributed by atoms with E-state index < -0.39 is 0 Å². The van der Waals surface area contributed by atoms with Crippen LogP contribution in [-0.2, 0) is 6.61 Å². The van der Waals surface area contributed by atoms with E-state index >= 15 is 0 Å². The van der Waals surface area contributed by atoms with E-state index in [-0.39, 0.29) is 5.91 Å². The number of hydrazone groups is 1. The summed E-state index contributed by atoms with van der Waals surface area (Å²) in [6.07, 6.45) is 1.56. The van der Waals surface area contributed by atoms with Gasteiger partial charge in [-0.25, -0.2) is 5.43 Å². The van der Waals surface area contributed by atoms with E-state index in [0.29, 0.717) is 18.0 Å². The van der Waals surface area contributed by atoms with Crippen molar-refractivity contribution in [2.75, 3.05) is 7.11 Å². The highest BCUT2D eigenvalue weighted by molar-refractivity contribution is 5.94. The van der Waals surface area contributed by atoms with Crippen molar-refractivity contribution < 1.29 is 14.3 Å². The largest absolute Gasteiger partial charge is 0.497 e. The minimum absolute atomic E-state index is 0.316. The number of carbonyl (C=O) groups excluding carboxylic acids is 1. The smallest absolute Gasteiger partial charge is 0.289 e. The quantitative estimate of drug-likeness (QED) is 0.306. The van der Waals surface area contributed by atoms with Crippen LogP contribution in [0.1, 0.15) is 27.2 Å². The Hall–Kier alpha value is -4.39. The van der Waals surface area contributed by atoms with Gasteiger partial charge >= 0.3 is 0 Å². The van der Waals surface area contributed by atoms with Crippen LogP contribution < -0.4 is 14.9 Å². The fourth-order valence-corrected chi connectivity index (χ4v) is 3.07. The first kappa shape index (κ1) is 21.8. The fraction of sp³-hybridized carbons (Fsp3) is 0.115. The molecular formula is C26H24N4O3. The molecule has 7 nitrogen and oxygen atoms in total. The minimum Gasteiger partial charge on any atom is -0.497 e. The number of nitrogens with one attached hydrogen (secondary N) is 2. The van der Waals surface area contributed by atoms with Crippen LogP contribution in [0, 0.1) is 6.92 Å². The molecule has 166 valence electrons. The third-order valence-electron chi connectivity index (χ3n) is 4.99. The van der Waals surface area contributed by atoms with Crippen molar-refractivity contribution in [3.63, 3.8) is 0 Å². The van der Waals surface area contributed by atoms with Crippen LogP contribution in [0.2, 0.25) is 0 Å². The van der Waals surface area contributed by atoms with Gasteiger partial charge in [-0.15, -0.1) is 0 Å². The number of aryl methyl sites for hydroxylation is 1. The zero-order chi connectivity index (χ0) is 23.0. The number of nitrogens with zero attached hydrogens (tertiary/aromatic N) is 2. The number of hydrogen-bond donors (Lipinski definition) is 2. The number of H-pyrrole nitrogens is 1. The Labute approximate surface area is 192 Å². The Kier molecular flexibility index (Phi) is 6.80. The molecule has 1 heterocycles. The SMILES string of the molecule is COc1ccc(/C=N/NC(=O)c2cc(-c3ccc(OCc4ccc(C)cc4)cc3)n[nH]2)cc1. The Morgan fingerprint density at radius 3 is 2.39 bits per heavy atom. The monoisotopic (exact) mass is 440 g/mol. The molecule has 0 fully saturated rings. The molecule has 2 N–H and O–H groups in total. The highest BCUT2D eigenvalue weighted by Crippen LogP contribution is 2.22. The van der Waals surface area contributed by atoms with Gasteiger partial charge in [0.2, 0.25) is 0 Å². The van der Waals surface area contributed by atoms with Crippen molar-refractivity contribution in [1.82, 2.24) is 15.6 Å². The van der Waals surface area contributed by atoms with E-state index in [9.17, 15) is 4.79 Å². The maximum absolute atomic E-state index is 12.3. The fourth-order valence-electron chi connectivity index (χ4n) is 3.07. The lowest BCUT2D eigenvalue weighted by Gasteiger charge is -2.07. The summed E-state index contributed by atoms with van der Waals surface area (Å²) in [5.74, 6) is 1.14. The summed E-state index contributed by atoms with van der Waals surface area (Å²) >= 11 is 0. The van der Waals surface area contributed by atoms with Gasteiger partial charge in [0.15, 0.2) is 0 Å². The van der Waals surface area contributed by atoms with Crippen LogP contribution in [0.3, 0.4) is 0 Å². The number of hydrogen-bond acceptors (Lipinski definition) is 5. The molecule has 33 heavy (non-hydrogen) atoms. The van der Waals surface area contributed by atoms with E-state index in [4.69, 9.17) is 9.47 Å². The van der Waals surface area contributed by atoms with Crippen molar-refractivity contribution >= 4 is 12.1 Å². The highest BCUT2D eigenvalue weighted by atomic mass is 16.5. The molecule has 4 rings (SSSR count). The molecular weight excluding hydrogens is 416 g/mol. The Morgan fingerprint density at radius 1 is 1.00 bits per heavy atom. The standard InChI is InChI=1S/C26H24N4O3/c1-18-3-5-20(6-4-18)17-33-23-13-9-21(10-14-23)24-15-25(29-28-24)26(31)30-27-16-19-7-11-22(32-2)12-8-19/h3-16H,17H2,1-2H3,(H,28,29)(H,30,31)/b27-16+. The molecule has 0 spiro atoms. The molecule has 0 aliphatic carbocycles. The van der Waals surface area contributed by atoms with Gasteiger partial charge in [-0.3, -0.25) is 9.89 Å². The average Bonchev–Trinajstić information content (AvgIpc) is 3.35. The number of aromatic nitrogens is 2. The normalized spacial score (nSPS) is 10.8. The number of benzene rings is 3. The van der Waals surface area contributed by atoms with E-state index in [0.717, 1.165) is 28.2 Å². The van der Waals surface area contributed by atoms with Gasteiger partial charge in [0.1, 0.15) is 23.8 Å². The number of rotatable bonds is 8. The van der Waals surface area contributed by atoms with Crippen molar-refractivity contribution in [3.8, 4) is 22.8 Å². The summed E-state index contributed by atoms with van der Waals surface area (Å²) < 4.78 is 11.0. The van der Waals surface area contributed by atoms with Crippen LogP contribution in [0.4, 0.5) is 0 Å². The van der Waals surface area contributed by atoms with E-state index in [1.807, 2.05) is 48.5 Å². The molecule has 0 saturated heterocycles. The molecule has 0 bridgehead atoms. The van der Waals surface area contributed by atoms with Gasteiger partial charge < -0.3 is 9.47 Å². The molecule has 0 atom stereocenters. The number of ether oxygens (including phenoxy) is 2. The first-order valence-corrected chi connectivity index (χ1v) is 10.4. The molecule has 1 aromatic heterocycles. The van der Waals surface area contributed by atoms with Gasteiger partial charge in [-0.05, 0) is 72.6 Å². The number of methoxy groups -OCH3 is 1. The second kappa shape index (κ2) is 10.3. The topological polar surface area (TPSA) is 88.6 Å². The minimum atomic E-state index is -0.378. The summed E-state index contributed by atoms with van der Waals surface area (Å²) in [7, 11) is 1.61. The Balaban J connectivity index is 1.32. The molecule has 0 unspecified atom stereocenters.